The zero-order valence-electron chi connectivity index (χ0n) is 14.1. The van der Waals surface area contributed by atoms with Gasteiger partial charge < -0.3 is 15.1 Å². The highest BCUT2D eigenvalue weighted by Crippen LogP contribution is 2.15. The monoisotopic (exact) mass is 307 g/mol. The summed E-state index contributed by atoms with van der Waals surface area (Å²) in [6, 6.07) is 2.30. The fourth-order valence-electron chi connectivity index (χ4n) is 2.98. The van der Waals surface area contributed by atoms with E-state index in [0.717, 1.165) is 38.2 Å². The van der Waals surface area contributed by atoms with E-state index in [-0.39, 0.29) is 6.03 Å². The number of hydrogen-bond donors (Lipinski definition) is 1. The Kier molecular flexibility index (Phi) is 6.24. The van der Waals surface area contributed by atoms with E-state index in [4.69, 9.17) is 0 Å². The van der Waals surface area contributed by atoms with E-state index >= 15 is 0 Å². The molecule has 0 atom stereocenters. The van der Waals surface area contributed by atoms with Gasteiger partial charge in [-0.15, -0.1) is 0 Å². The summed E-state index contributed by atoms with van der Waals surface area (Å²) in [5.74, 6) is 0. The third kappa shape index (κ3) is 4.47. The molecule has 0 aromatic carbocycles. The number of aromatic nitrogens is 2. The van der Waals surface area contributed by atoms with Crippen LogP contribution in [0.5, 0.6) is 0 Å². The van der Waals surface area contributed by atoms with Crippen LogP contribution in [0.2, 0.25) is 0 Å². The van der Waals surface area contributed by atoms with Crippen molar-refractivity contribution in [1.82, 2.24) is 24.9 Å². The quantitative estimate of drug-likeness (QED) is 0.873. The minimum atomic E-state index is -0.00000926. The van der Waals surface area contributed by atoms with E-state index in [2.05, 4.69) is 22.2 Å². The van der Waals surface area contributed by atoms with Crippen LogP contribution < -0.4 is 5.32 Å². The largest absolute Gasteiger partial charge is 0.332 e. The molecule has 1 aromatic rings. The fraction of sp³-hybridized carbons (Fsp3) is 0.750. The predicted molar refractivity (Wildman–Crippen MR) is 87.7 cm³/mol. The summed E-state index contributed by atoms with van der Waals surface area (Å²) in [6.07, 6.45) is 5.27. The molecule has 0 radical (unpaired) electrons. The van der Waals surface area contributed by atoms with Crippen LogP contribution in [0, 0.1) is 0 Å². The summed E-state index contributed by atoms with van der Waals surface area (Å²) in [5, 5.41) is 7.35. The zero-order chi connectivity index (χ0) is 15.9. The molecule has 0 spiro atoms. The maximum absolute atomic E-state index is 12.3. The molecule has 1 N–H and O–H groups in total. The number of aryl methyl sites for hydroxylation is 1. The number of carbonyl (C=O) groups is 1. The molecule has 124 valence electrons. The number of nitrogens with one attached hydrogen (secondary N) is 1. The molecule has 1 saturated heterocycles. The highest BCUT2D eigenvalue weighted by Gasteiger charge is 2.24. The average Bonchev–Trinajstić information content (AvgIpc) is 3.01. The number of carbonyl (C=O) groups excluding carboxylic acids is 1. The second-order valence-corrected chi connectivity index (χ2v) is 6.01. The molecule has 2 amide bonds. The van der Waals surface area contributed by atoms with Gasteiger partial charge in [0.15, 0.2) is 0 Å². The molecule has 2 heterocycles. The third-order valence-electron chi connectivity index (χ3n) is 4.41. The molecular weight excluding hydrogens is 278 g/mol. The van der Waals surface area contributed by atoms with Gasteiger partial charge in [0, 0.05) is 38.9 Å². The number of amides is 2. The van der Waals surface area contributed by atoms with Crippen molar-refractivity contribution >= 4 is 6.03 Å². The van der Waals surface area contributed by atoms with Gasteiger partial charge in [0.2, 0.25) is 0 Å². The standard InChI is InChI=1S/C16H29N5O/c1-4-9-20-10-7-15(8-11-20)19(3)16(22)17-13-14-6-12-21(5-2)18-14/h6,12,15H,4-5,7-11,13H2,1-3H3,(H,17,22). The van der Waals surface area contributed by atoms with Crippen molar-refractivity contribution in [2.24, 2.45) is 0 Å². The number of rotatable bonds is 6. The molecule has 2 rings (SSSR count). The summed E-state index contributed by atoms with van der Waals surface area (Å²) >= 11 is 0. The molecule has 1 aromatic heterocycles. The molecule has 0 aliphatic carbocycles. The summed E-state index contributed by atoms with van der Waals surface area (Å²) in [6.45, 7) is 8.96. The summed E-state index contributed by atoms with van der Waals surface area (Å²) in [5.41, 5.74) is 0.904. The van der Waals surface area contributed by atoms with E-state index < -0.39 is 0 Å². The highest BCUT2D eigenvalue weighted by atomic mass is 16.2. The molecule has 6 nitrogen and oxygen atoms in total. The lowest BCUT2D eigenvalue weighted by Crippen LogP contribution is -2.48. The molecule has 1 fully saturated rings. The molecule has 6 heteroatoms. The first-order valence-electron chi connectivity index (χ1n) is 8.39. The lowest BCUT2D eigenvalue weighted by molar-refractivity contribution is 0.134. The molecule has 22 heavy (non-hydrogen) atoms. The topological polar surface area (TPSA) is 53.4 Å². The smallest absolute Gasteiger partial charge is 0.317 e. The van der Waals surface area contributed by atoms with Crippen molar-refractivity contribution in [3.8, 4) is 0 Å². The van der Waals surface area contributed by atoms with Crippen LogP contribution in [0.3, 0.4) is 0 Å². The Hall–Kier alpha value is -1.56. The fourth-order valence-corrected chi connectivity index (χ4v) is 2.98. The summed E-state index contributed by atoms with van der Waals surface area (Å²) < 4.78 is 1.87. The number of nitrogens with zero attached hydrogens (tertiary/aromatic N) is 4. The molecule has 1 aliphatic heterocycles. The van der Waals surface area contributed by atoms with E-state index in [9.17, 15) is 4.79 Å². The average molecular weight is 307 g/mol. The van der Waals surface area contributed by atoms with E-state index in [1.54, 1.807) is 0 Å². The van der Waals surface area contributed by atoms with Gasteiger partial charge >= 0.3 is 6.03 Å². The molecule has 0 saturated carbocycles. The zero-order valence-corrected chi connectivity index (χ0v) is 14.1. The van der Waals surface area contributed by atoms with Gasteiger partial charge in [0.25, 0.3) is 0 Å². The lowest BCUT2D eigenvalue weighted by atomic mass is 10.0. The number of hydrogen-bond acceptors (Lipinski definition) is 3. The van der Waals surface area contributed by atoms with Gasteiger partial charge in [-0.1, -0.05) is 6.92 Å². The van der Waals surface area contributed by atoms with Gasteiger partial charge in [0.1, 0.15) is 0 Å². The first kappa shape index (κ1) is 16.8. The van der Waals surface area contributed by atoms with Crippen LogP contribution >= 0.6 is 0 Å². The second-order valence-electron chi connectivity index (χ2n) is 6.01. The second kappa shape index (κ2) is 8.17. The van der Waals surface area contributed by atoms with Crippen molar-refractivity contribution in [3.63, 3.8) is 0 Å². The van der Waals surface area contributed by atoms with Crippen LogP contribution in [0.4, 0.5) is 4.79 Å². The summed E-state index contributed by atoms with van der Waals surface area (Å²) in [7, 11) is 1.90. The van der Waals surface area contributed by atoms with Gasteiger partial charge in [0.05, 0.1) is 12.2 Å². The van der Waals surface area contributed by atoms with Crippen molar-refractivity contribution in [3.05, 3.63) is 18.0 Å². The molecule has 0 bridgehead atoms. The molecule has 1 aliphatic rings. The van der Waals surface area contributed by atoms with Crippen LogP contribution in [-0.2, 0) is 13.1 Å². The third-order valence-corrected chi connectivity index (χ3v) is 4.41. The Labute approximate surface area is 133 Å². The van der Waals surface area contributed by atoms with Crippen molar-refractivity contribution in [2.75, 3.05) is 26.7 Å². The van der Waals surface area contributed by atoms with Crippen LogP contribution in [-0.4, -0.2) is 58.3 Å². The molecule has 0 unspecified atom stereocenters. The number of piperidine rings is 1. The Balaban J connectivity index is 1.75. The number of likely N-dealkylation sites (tertiary alicyclic amines) is 1. The van der Waals surface area contributed by atoms with Crippen molar-refractivity contribution in [1.29, 1.82) is 0 Å². The van der Waals surface area contributed by atoms with Crippen molar-refractivity contribution in [2.45, 2.75) is 52.2 Å². The van der Waals surface area contributed by atoms with Crippen LogP contribution in [0.1, 0.15) is 38.8 Å². The normalized spacial score (nSPS) is 16.7. The Morgan fingerprint density at radius 2 is 2.14 bits per heavy atom. The van der Waals surface area contributed by atoms with Gasteiger partial charge in [-0.05, 0) is 38.8 Å². The van der Waals surface area contributed by atoms with E-state index in [1.165, 1.54) is 13.0 Å². The van der Waals surface area contributed by atoms with Crippen LogP contribution in [0.15, 0.2) is 12.3 Å². The first-order valence-corrected chi connectivity index (χ1v) is 8.39. The molecular formula is C16H29N5O. The van der Waals surface area contributed by atoms with Crippen molar-refractivity contribution < 1.29 is 4.79 Å². The van der Waals surface area contributed by atoms with Crippen LogP contribution in [0.25, 0.3) is 0 Å². The van der Waals surface area contributed by atoms with E-state index in [1.807, 2.05) is 35.8 Å². The number of urea groups is 1. The Morgan fingerprint density at radius 3 is 2.73 bits per heavy atom. The van der Waals surface area contributed by atoms with Gasteiger partial charge in [-0.2, -0.15) is 5.10 Å². The minimum absolute atomic E-state index is 0.00000926. The van der Waals surface area contributed by atoms with Gasteiger partial charge in [-0.3, -0.25) is 4.68 Å². The first-order chi connectivity index (χ1) is 10.6. The minimum Gasteiger partial charge on any atom is -0.332 e. The lowest BCUT2D eigenvalue weighted by Gasteiger charge is -2.36. The van der Waals surface area contributed by atoms with Gasteiger partial charge in [-0.25, -0.2) is 4.79 Å². The maximum Gasteiger partial charge on any atom is 0.317 e. The SMILES string of the molecule is CCCN1CCC(N(C)C(=O)NCc2ccn(CC)n2)CC1. The highest BCUT2D eigenvalue weighted by molar-refractivity contribution is 5.74. The van der Waals surface area contributed by atoms with E-state index in [0.29, 0.717) is 12.6 Å². The Morgan fingerprint density at radius 1 is 1.41 bits per heavy atom. The predicted octanol–water partition coefficient (Wildman–Crippen LogP) is 1.92. The maximum atomic E-state index is 12.3. The Bertz CT molecular complexity index is 465. The summed E-state index contributed by atoms with van der Waals surface area (Å²) in [4.78, 5) is 16.6.